The highest BCUT2D eigenvalue weighted by molar-refractivity contribution is 6.23. The van der Waals surface area contributed by atoms with Crippen molar-refractivity contribution in [1.29, 1.82) is 0 Å². The van der Waals surface area contributed by atoms with Crippen molar-refractivity contribution in [1.82, 2.24) is 0 Å². The van der Waals surface area contributed by atoms with Gasteiger partial charge in [-0.3, -0.25) is 0 Å². The first-order valence-corrected chi connectivity index (χ1v) is 5.18. The van der Waals surface area contributed by atoms with E-state index in [2.05, 4.69) is 20.8 Å². The van der Waals surface area contributed by atoms with Crippen LogP contribution >= 0.6 is 11.6 Å². The summed E-state index contributed by atoms with van der Waals surface area (Å²) in [5.74, 6) is 0.709. The van der Waals surface area contributed by atoms with Crippen LogP contribution in [0.3, 0.4) is 0 Å². The van der Waals surface area contributed by atoms with Crippen LogP contribution in [0.1, 0.15) is 40.0 Å². The van der Waals surface area contributed by atoms with Gasteiger partial charge < -0.3 is 4.74 Å². The highest BCUT2D eigenvalue weighted by atomic mass is 35.5. The molecule has 0 aromatic carbocycles. The van der Waals surface area contributed by atoms with E-state index in [4.69, 9.17) is 16.3 Å². The van der Waals surface area contributed by atoms with Gasteiger partial charge in [-0.15, -0.1) is 11.6 Å². The molecule has 1 aliphatic rings. The van der Waals surface area contributed by atoms with Crippen LogP contribution in [-0.2, 0) is 4.74 Å². The fourth-order valence-corrected chi connectivity index (χ4v) is 2.00. The third kappa shape index (κ3) is 3.32. The molecule has 0 bridgehead atoms. The molecule has 2 atom stereocenters. The van der Waals surface area contributed by atoms with E-state index >= 15 is 0 Å². The molecule has 0 radical (unpaired) electrons. The smallest absolute Gasteiger partial charge is 0.0594 e. The first-order valence-electron chi connectivity index (χ1n) is 4.80. The van der Waals surface area contributed by atoms with Crippen LogP contribution in [-0.4, -0.2) is 17.6 Å². The van der Waals surface area contributed by atoms with Crippen molar-refractivity contribution in [3.63, 3.8) is 0 Å². The van der Waals surface area contributed by atoms with Crippen LogP contribution in [0, 0.1) is 5.92 Å². The van der Waals surface area contributed by atoms with Gasteiger partial charge in [0.1, 0.15) is 0 Å². The Balaban J connectivity index is 2.36. The summed E-state index contributed by atoms with van der Waals surface area (Å²) in [6.45, 7) is 7.40. The summed E-state index contributed by atoms with van der Waals surface area (Å²) in [5, 5.41) is 0. The lowest BCUT2D eigenvalue weighted by molar-refractivity contribution is -0.00897. The Morgan fingerprint density at radius 2 is 2.25 bits per heavy atom. The quantitative estimate of drug-likeness (QED) is 0.608. The topological polar surface area (TPSA) is 9.23 Å². The van der Waals surface area contributed by atoms with E-state index in [1.54, 1.807) is 0 Å². The van der Waals surface area contributed by atoms with Gasteiger partial charge in [-0.25, -0.2) is 0 Å². The molecule has 0 N–H and O–H groups in total. The third-order valence-electron chi connectivity index (χ3n) is 2.36. The van der Waals surface area contributed by atoms with Gasteiger partial charge in [0.05, 0.1) is 6.10 Å². The second-order valence-corrected chi connectivity index (χ2v) is 5.40. The fourth-order valence-electron chi connectivity index (χ4n) is 1.75. The molecule has 2 unspecified atom stereocenters. The summed E-state index contributed by atoms with van der Waals surface area (Å²) in [7, 11) is 0. The number of alkyl halides is 1. The molecule has 72 valence electrons. The minimum Gasteiger partial charge on any atom is -0.378 e. The molecule has 0 aliphatic carbocycles. The minimum absolute atomic E-state index is 0.0161. The van der Waals surface area contributed by atoms with Crippen molar-refractivity contribution < 1.29 is 4.74 Å². The average Bonchev–Trinajstić information content (AvgIpc) is 1.82. The summed E-state index contributed by atoms with van der Waals surface area (Å²) in [6.07, 6.45) is 3.53. The predicted octanol–water partition coefficient (Wildman–Crippen LogP) is 3.21. The van der Waals surface area contributed by atoms with Gasteiger partial charge in [0.15, 0.2) is 0 Å². The molecule has 0 spiro atoms. The molecule has 1 nitrogen and oxygen atoms in total. The molecule has 1 rings (SSSR count). The summed E-state index contributed by atoms with van der Waals surface area (Å²) in [5.41, 5.74) is 0. The summed E-state index contributed by atoms with van der Waals surface area (Å²) in [4.78, 5) is -0.0161. The SMILES string of the molecule is CC(C)CC1CC(C)(Cl)CCO1. The van der Waals surface area contributed by atoms with E-state index in [1.165, 1.54) is 0 Å². The largest absolute Gasteiger partial charge is 0.378 e. The highest BCUT2D eigenvalue weighted by Gasteiger charge is 2.30. The van der Waals surface area contributed by atoms with Gasteiger partial charge in [0.2, 0.25) is 0 Å². The van der Waals surface area contributed by atoms with Crippen molar-refractivity contribution in [2.45, 2.75) is 51.0 Å². The van der Waals surface area contributed by atoms with E-state index in [-0.39, 0.29) is 4.87 Å². The zero-order chi connectivity index (χ0) is 9.19. The standard InChI is InChI=1S/C10H19ClO/c1-8(2)6-9-7-10(3,11)4-5-12-9/h8-9H,4-7H2,1-3H3. The Morgan fingerprint density at radius 1 is 1.58 bits per heavy atom. The second-order valence-electron chi connectivity index (χ2n) is 4.49. The summed E-state index contributed by atoms with van der Waals surface area (Å²) in [6, 6.07) is 0. The molecule has 1 heterocycles. The van der Waals surface area contributed by atoms with Gasteiger partial charge in [0, 0.05) is 11.5 Å². The van der Waals surface area contributed by atoms with Crippen LogP contribution in [0.5, 0.6) is 0 Å². The van der Waals surface area contributed by atoms with E-state index in [0.717, 1.165) is 25.9 Å². The Bertz CT molecular complexity index is 143. The van der Waals surface area contributed by atoms with Crippen molar-refractivity contribution >= 4 is 11.6 Å². The lowest BCUT2D eigenvalue weighted by atomic mass is 9.92. The molecule has 1 aliphatic heterocycles. The predicted molar refractivity (Wildman–Crippen MR) is 52.7 cm³/mol. The number of rotatable bonds is 2. The maximum absolute atomic E-state index is 6.27. The van der Waals surface area contributed by atoms with Crippen molar-refractivity contribution in [3.8, 4) is 0 Å². The van der Waals surface area contributed by atoms with Crippen molar-refractivity contribution in [3.05, 3.63) is 0 Å². The molecular formula is C10H19ClO. The van der Waals surface area contributed by atoms with E-state index in [1.807, 2.05) is 0 Å². The molecule has 2 heteroatoms. The normalized spacial score (nSPS) is 37.2. The van der Waals surface area contributed by atoms with Gasteiger partial charge in [-0.2, -0.15) is 0 Å². The summed E-state index contributed by atoms with van der Waals surface area (Å²) >= 11 is 6.27. The first kappa shape index (κ1) is 10.3. The number of hydrogen-bond acceptors (Lipinski definition) is 1. The molecule has 0 saturated carbocycles. The lowest BCUT2D eigenvalue weighted by Gasteiger charge is -2.34. The molecule has 1 fully saturated rings. The number of ether oxygens (including phenoxy) is 1. The van der Waals surface area contributed by atoms with Gasteiger partial charge in [-0.05, 0) is 32.1 Å². The monoisotopic (exact) mass is 190 g/mol. The molecule has 1 saturated heterocycles. The molecule has 12 heavy (non-hydrogen) atoms. The molecule has 0 amide bonds. The van der Waals surface area contributed by atoms with E-state index < -0.39 is 0 Å². The third-order valence-corrected chi connectivity index (χ3v) is 2.71. The highest BCUT2D eigenvalue weighted by Crippen LogP contribution is 2.32. The van der Waals surface area contributed by atoms with Crippen LogP contribution in [0.25, 0.3) is 0 Å². The Morgan fingerprint density at radius 3 is 2.75 bits per heavy atom. The maximum Gasteiger partial charge on any atom is 0.0594 e. The van der Waals surface area contributed by atoms with Gasteiger partial charge in [0.25, 0.3) is 0 Å². The van der Waals surface area contributed by atoms with Gasteiger partial charge in [-0.1, -0.05) is 13.8 Å². The fraction of sp³-hybridized carbons (Fsp3) is 1.00. The Hall–Kier alpha value is 0.250. The van der Waals surface area contributed by atoms with E-state index in [9.17, 15) is 0 Å². The minimum atomic E-state index is -0.0161. The van der Waals surface area contributed by atoms with Crippen LogP contribution in [0.15, 0.2) is 0 Å². The Kier molecular flexibility index (Phi) is 3.42. The zero-order valence-corrected chi connectivity index (χ0v) is 9.03. The van der Waals surface area contributed by atoms with Crippen LogP contribution in [0.4, 0.5) is 0 Å². The maximum atomic E-state index is 6.27. The molecular weight excluding hydrogens is 172 g/mol. The molecule has 0 aromatic rings. The van der Waals surface area contributed by atoms with Crippen LogP contribution < -0.4 is 0 Å². The van der Waals surface area contributed by atoms with Gasteiger partial charge >= 0.3 is 0 Å². The average molecular weight is 191 g/mol. The summed E-state index contributed by atoms with van der Waals surface area (Å²) < 4.78 is 5.64. The lowest BCUT2D eigenvalue weighted by Crippen LogP contribution is -2.34. The zero-order valence-electron chi connectivity index (χ0n) is 8.27. The Labute approximate surface area is 80.4 Å². The van der Waals surface area contributed by atoms with Crippen molar-refractivity contribution in [2.75, 3.05) is 6.61 Å². The van der Waals surface area contributed by atoms with E-state index in [0.29, 0.717) is 12.0 Å². The van der Waals surface area contributed by atoms with Crippen molar-refractivity contribution in [2.24, 2.45) is 5.92 Å². The number of halogens is 1. The number of hydrogen-bond donors (Lipinski definition) is 0. The molecule has 0 aromatic heterocycles. The van der Waals surface area contributed by atoms with Crippen LogP contribution in [0.2, 0.25) is 0 Å². The first-order chi connectivity index (χ1) is 5.49. The second kappa shape index (κ2) is 3.97.